The molecule has 2 N–H and O–H groups in total. The average Bonchev–Trinajstić information content (AvgIpc) is 2.95. The van der Waals surface area contributed by atoms with Crippen molar-refractivity contribution in [1.29, 1.82) is 0 Å². The van der Waals surface area contributed by atoms with E-state index < -0.39 is 0 Å². The Morgan fingerprint density at radius 1 is 1.00 bits per heavy atom. The molecule has 3 aromatic rings. The first kappa shape index (κ1) is 13.2. The maximum absolute atomic E-state index is 5.74. The summed E-state index contributed by atoms with van der Waals surface area (Å²) in [5, 5.41) is 0. The summed E-state index contributed by atoms with van der Waals surface area (Å²) in [5.41, 5.74) is 7.63. The van der Waals surface area contributed by atoms with Crippen molar-refractivity contribution in [1.82, 2.24) is 9.55 Å². The molecule has 0 unspecified atom stereocenters. The van der Waals surface area contributed by atoms with Crippen LogP contribution in [0.5, 0.6) is 5.75 Å². The third-order valence-electron chi connectivity index (χ3n) is 3.25. The summed E-state index contributed by atoms with van der Waals surface area (Å²) in [7, 11) is 0. The molecule has 0 amide bonds. The van der Waals surface area contributed by atoms with Gasteiger partial charge in [-0.15, -0.1) is 0 Å². The molecule has 0 aliphatic carbocycles. The first-order chi connectivity index (χ1) is 10.3. The molecule has 0 saturated heterocycles. The van der Waals surface area contributed by atoms with Crippen molar-refractivity contribution in [2.45, 2.75) is 13.2 Å². The molecule has 0 spiro atoms. The number of nitrogens with two attached hydrogens (primary N) is 1. The number of anilines is 1. The SMILES string of the molecule is Nc1ccc(OCc2nccn2Cc2ccccc2)cc1. The van der Waals surface area contributed by atoms with Gasteiger partial charge in [0.25, 0.3) is 0 Å². The van der Waals surface area contributed by atoms with Crippen LogP contribution in [0.15, 0.2) is 67.0 Å². The van der Waals surface area contributed by atoms with Crippen LogP contribution < -0.4 is 10.5 Å². The molecule has 4 nitrogen and oxygen atoms in total. The molecule has 3 rings (SSSR count). The maximum atomic E-state index is 5.74. The van der Waals surface area contributed by atoms with Crippen LogP contribution in [0.2, 0.25) is 0 Å². The van der Waals surface area contributed by atoms with Gasteiger partial charge in [0.15, 0.2) is 0 Å². The van der Waals surface area contributed by atoms with Crippen LogP contribution in [0.4, 0.5) is 5.69 Å². The molecule has 4 heteroatoms. The number of benzene rings is 2. The molecule has 106 valence electrons. The fourth-order valence-electron chi connectivity index (χ4n) is 2.12. The molecule has 1 heterocycles. The average molecular weight is 279 g/mol. The minimum Gasteiger partial charge on any atom is -0.486 e. The van der Waals surface area contributed by atoms with Gasteiger partial charge in [-0.1, -0.05) is 30.3 Å². The van der Waals surface area contributed by atoms with Crippen LogP contribution >= 0.6 is 0 Å². The van der Waals surface area contributed by atoms with E-state index in [1.54, 1.807) is 6.20 Å². The van der Waals surface area contributed by atoms with Crippen LogP contribution in [0.25, 0.3) is 0 Å². The third-order valence-corrected chi connectivity index (χ3v) is 3.25. The lowest BCUT2D eigenvalue weighted by atomic mass is 10.2. The number of hydrogen-bond donors (Lipinski definition) is 1. The normalized spacial score (nSPS) is 10.5. The Hall–Kier alpha value is -2.75. The van der Waals surface area contributed by atoms with Crippen molar-refractivity contribution in [3.05, 3.63) is 78.4 Å². The van der Waals surface area contributed by atoms with Gasteiger partial charge in [0.2, 0.25) is 0 Å². The molecular formula is C17H17N3O. The van der Waals surface area contributed by atoms with Gasteiger partial charge in [-0.25, -0.2) is 4.98 Å². The second kappa shape index (κ2) is 6.13. The molecule has 0 bridgehead atoms. The van der Waals surface area contributed by atoms with Crippen molar-refractivity contribution in [3.8, 4) is 5.75 Å². The summed E-state index contributed by atoms with van der Waals surface area (Å²) in [5.74, 6) is 1.69. The van der Waals surface area contributed by atoms with Crippen LogP contribution in [0.3, 0.4) is 0 Å². The van der Waals surface area contributed by atoms with Crippen molar-refractivity contribution >= 4 is 5.69 Å². The van der Waals surface area contributed by atoms with E-state index in [1.165, 1.54) is 5.56 Å². The van der Waals surface area contributed by atoms with E-state index in [-0.39, 0.29) is 0 Å². The van der Waals surface area contributed by atoms with Crippen molar-refractivity contribution in [2.24, 2.45) is 0 Å². The Bertz CT molecular complexity index is 690. The smallest absolute Gasteiger partial charge is 0.147 e. The number of hydrogen-bond acceptors (Lipinski definition) is 3. The first-order valence-electron chi connectivity index (χ1n) is 6.83. The Balaban J connectivity index is 1.66. The van der Waals surface area contributed by atoms with Gasteiger partial charge in [0.05, 0.1) is 0 Å². The number of imidazole rings is 1. The molecule has 21 heavy (non-hydrogen) atoms. The first-order valence-corrected chi connectivity index (χ1v) is 6.83. The summed E-state index contributed by atoms with van der Waals surface area (Å²) in [6.07, 6.45) is 3.76. The van der Waals surface area contributed by atoms with Crippen LogP contribution in [-0.2, 0) is 13.2 Å². The Morgan fingerprint density at radius 3 is 2.52 bits per heavy atom. The zero-order valence-corrected chi connectivity index (χ0v) is 11.6. The maximum Gasteiger partial charge on any atom is 0.147 e. The van der Waals surface area contributed by atoms with E-state index in [4.69, 9.17) is 10.5 Å². The Morgan fingerprint density at radius 2 is 1.76 bits per heavy atom. The van der Waals surface area contributed by atoms with Gasteiger partial charge in [-0.05, 0) is 29.8 Å². The quantitative estimate of drug-likeness (QED) is 0.730. The third kappa shape index (κ3) is 3.42. The summed E-state index contributed by atoms with van der Waals surface area (Å²) in [4.78, 5) is 4.36. The lowest BCUT2D eigenvalue weighted by molar-refractivity contribution is 0.290. The predicted molar refractivity (Wildman–Crippen MR) is 83.0 cm³/mol. The number of nitrogens with zero attached hydrogens (tertiary/aromatic N) is 2. The highest BCUT2D eigenvalue weighted by molar-refractivity contribution is 5.41. The summed E-state index contributed by atoms with van der Waals surface area (Å²) in [6, 6.07) is 17.7. The minimum absolute atomic E-state index is 0.434. The molecular weight excluding hydrogens is 262 g/mol. The Kier molecular flexibility index (Phi) is 3.87. The molecule has 0 radical (unpaired) electrons. The lowest BCUT2D eigenvalue weighted by Gasteiger charge is -2.09. The van der Waals surface area contributed by atoms with Crippen molar-refractivity contribution in [3.63, 3.8) is 0 Å². The lowest BCUT2D eigenvalue weighted by Crippen LogP contribution is -2.07. The zero-order valence-electron chi connectivity index (χ0n) is 11.6. The van der Waals surface area contributed by atoms with E-state index in [9.17, 15) is 0 Å². The number of ether oxygens (including phenoxy) is 1. The van der Waals surface area contributed by atoms with E-state index >= 15 is 0 Å². The topological polar surface area (TPSA) is 53.1 Å². The largest absolute Gasteiger partial charge is 0.486 e. The highest BCUT2D eigenvalue weighted by Gasteiger charge is 2.04. The second-order valence-corrected chi connectivity index (χ2v) is 4.81. The fourth-order valence-corrected chi connectivity index (χ4v) is 2.12. The van der Waals surface area contributed by atoms with Gasteiger partial charge in [0, 0.05) is 24.6 Å². The molecule has 0 aliphatic rings. The van der Waals surface area contributed by atoms with Gasteiger partial charge in [-0.3, -0.25) is 0 Å². The monoisotopic (exact) mass is 279 g/mol. The van der Waals surface area contributed by atoms with Gasteiger partial charge < -0.3 is 15.0 Å². The van der Waals surface area contributed by atoms with E-state index in [0.717, 1.165) is 23.8 Å². The summed E-state index contributed by atoms with van der Waals surface area (Å²) in [6.45, 7) is 1.23. The highest BCUT2D eigenvalue weighted by Crippen LogP contribution is 2.15. The minimum atomic E-state index is 0.434. The number of aromatic nitrogens is 2. The van der Waals surface area contributed by atoms with Crippen molar-refractivity contribution < 1.29 is 4.74 Å². The highest BCUT2D eigenvalue weighted by atomic mass is 16.5. The van der Waals surface area contributed by atoms with Crippen molar-refractivity contribution in [2.75, 3.05) is 5.73 Å². The fraction of sp³-hybridized carbons (Fsp3) is 0.118. The van der Waals surface area contributed by atoms with E-state index in [1.807, 2.05) is 48.7 Å². The Labute approximate surface area is 123 Å². The van der Waals surface area contributed by atoms with E-state index in [2.05, 4.69) is 21.7 Å². The van der Waals surface area contributed by atoms with Gasteiger partial charge in [0.1, 0.15) is 18.2 Å². The summed E-state index contributed by atoms with van der Waals surface area (Å²) >= 11 is 0. The standard InChI is InChI=1S/C17H17N3O/c18-15-6-8-16(9-7-15)21-13-17-19-10-11-20(17)12-14-4-2-1-3-5-14/h1-11H,12-13,18H2. The van der Waals surface area contributed by atoms with E-state index in [0.29, 0.717) is 6.61 Å². The summed E-state index contributed by atoms with van der Waals surface area (Å²) < 4.78 is 7.83. The number of nitrogen functional groups attached to an aromatic ring is 1. The van der Waals surface area contributed by atoms with Crippen LogP contribution in [0, 0.1) is 0 Å². The molecule has 0 atom stereocenters. The molecule has 0 aliphatic heterocycles. The second-order valence-electron chi connectivity index (χ2n) is 4.81. The molecule has 0 fully saturated rings. The zero-order chi connectivity index (χ0) is 14.5. The van der Waals surface area contributed by atoms with Crippen LogP contribution in [0.1, 0.15) is 11.4 Å². The molecule has 2 aromatic carbocycles. The van der Waals surface area contributed by atoms with Crippen LogP contribution in [-0.4, -0.2) is 9.55 Å². The molecule has 0 saturated carbocycles. The number of rotatable bonds is 5. The van der Waals surface area contributed by atoms with Gasteiger partial charge in [-0.2, -0.15) is 0 Å². The van der Waals surface area contributed by atoms with Gasteiger partial charge >= 0.3 is 0 Å². The molecule has 1 aromatic heterocycles. The predicted octanol–water partition coefficient (Wildman–Crippen LogP) is 3.09.